The Bertz CT molecular complexity index is 988. The van der Waals surface area contributed by atoms with E-state index in [1.54, 1.807) is 48.5 Å². The molecule has 3 aromatic rings. The molecule has 3 rings (SSSR count). The first-order valence-corrected chi connectivity index (χ1v) is 8.45. The molecular weight excluding hydrogens is 371 g/mol. The lowest BCUT2D eigenvalue weighted by atomic mass is 10.0. The molecular formula is C21H16ClFO4. The number of carboxylic acids is 1. The molecule has 0 amide bonds. The molecule has 3 aromatic carbocycles. The molecule has 0 saturated heterocycles. The zero-order valence-corrected chi connectivity index (χ0v) is 15.2. The van der Waals surface area contributed by atoms with E-state index in [0.717, 1.165) is 0 Å². The lowest BCUT2D eigenvalue weighted by molar-refractivity contribution is -0.136. The number of benzene rings is 3. The molecule has 0 unspecified atom stereocenters. The zero-order valence-electron chi connectivity index (χ0n) is 14.4. The van der Waals surface area contributed by atoms with Crippen molar-refractivity contribution in [2.24, 2.45) is 0 Å². The number of rotatable bonds is 6. The summed E-state index contributed by atoms with van der Waals surface area (Å²) in [5, 5.41) is 9.43. The van der Waals surface area contributed by atoms with Crippen LogP contribution in [0.4, 0.5) is 4.39 Å². The third-order valence-electron chi connectivity index (χ3n) is 3.84. The molecule has 1 N–H and O–H groups in total. The van der Waals surface area contributed by atoms with Crippen LogP contribution < -0.4 is 9.47 Å². The predicted octanol–water partition coefficient (Wildman–Crippen LogP) is 5.57. The fourth-order valence-electron chi connectivity index (χ4n) is 2.67. The molecule has 0 saturated carbocycles. The Labute approximate surface area is 160 Å². The van der Waals surface area contributed by atoms with Crippen LogP contribution in [-0.4, -0.2) is 18.2 Å². The van der Waals surface area contributed by atoms with Gasteiger partial charge in [0.1, 0.15) is 23.1 Å². The first-order chi connectivity index (χ1) is 12.9. The van der Waals surface area contributed by atoms with Crippen molar-refractivity contribution in [3.8, 4) is 28.4 Å². The highest BCUT2D eigenvalue weighted by molar-refractivity contribution is 6.30. The van der Waals surface area contributed by atoms with Crippen LogP contribution in [-0.2, 0) is 11.2 Å². The van der Waals surface area contributed by atoms with Gasteiger partial charge in [-0.1, -0.05) is 23.7 Å². The minimum Gasteiger partial charge on any atom is -0.497 e. The van der Waals surface area contributed by atoms with Gasteiger partial charge < -0.3 is 14.6 Å². The molecule has 0 aliphatic carbocycles. The smallest absolute Gasteiger partial charge is 0.307 e. The number of methoxy groups -OCH3 is 1. The van der Waals surface area contributed by atoms with E-state index in [1.807, 2.05) is 0 Å². The van der Waals surface area contributed by atoms with Gasteiger partial charge in [0.2, 0.25) is 0 Å². The van der Waals surface area contributed by atoms with Crippen LogP contribution in [0.15, 0.2) is 60.7 Å². The second-order valence-corrected chi connectivity index (χ2v) is 6.28. The van der Waals surface area contributed by atoms with Crippen LogP contribution in [0, 0.1) is 5.82 Å². The van der Waals surface area contributed by atoms with Crippen LogP contribution in [0.25, 0.3) is 11.1 Å². The minimum absolute atomic E-state index is 0.151. The number of carbonyl (C=O) groups is 1. The summed E-state index contributed by atoms with van der Waals surface area (Å²) in [6.07, 6.45) is -0.151. The fraction of sp³-hybridized carbons (Fsp3) is 0.0952. The summed E-state index contributed by atoms with van der Waals surface area (Å²) in [6, 6.07) is 16.2. The van der Waals surface area contributed by atoms with Crippen LogP contribution in [0.2, 0.25) is 5.02 Å². The van der Waals surface area contributed by atoms with Gasteiger partial charge in [-0.2, -0.15) is 0 Å². The molecule has 0 aliphatic heterocycles. The molecule has 0 aliphatic rings. The van der Waals surface area contributed by atoms with E-state index in [-0.39, 0.29) is 12.2 Å². The molecule has 0 fully saturated rings. The Morgan fingerprint density at radius 1 is 1.04 bits per heavy atom. The normalized spacial score (nSPS) is 10.5. The number of ether oxygens (including phenoxy) is 2. The Balaban J connectivity index is 1.92. The number of hydrogen-bond donors (Lipinski definition) is 1. The van der Waals surface area contributed by atoms with E-state index >= 15 is 0 Å². The predicted molar refractivity (Wildman–Crippen MR) is 101 cm³/mol. The van der Waals surface area contributed by atoms with Crippen LogP contribution in [0.3, 0.4) is 0 Å². The van der Waals surface area contributed by atoms with Gasteiger partial charge in [-0.25, -0.2) is 4.39 Å². The van der Waals surface area contributed by atoms with Crippen molar-refractivity contribution in [3.05, 3.63) is 77.1 Å². The summed E-state index contributed by atoms with van der Waals surface area (Å²) < 4.78 is 25.2. The average molecular weight is 387 g/mol. The fourth-order valence-corrected chi connectivity index (χ4v) is 2.84. The van der Waals surface area contributed by atoms with Crippen molar-refractivity contribution in [2.45, 2.75) is 6.42 Å². The quantitative estimate of drug-likeness (QED) is 0.601. The van der Waals surface area contributed by atoms with Crippen molar-refractivity contribution in [1.82, 2.24) is 0 Å². The Hall–Kier alpha value is -3.05. The second kappa shape index (κ2) is 8.10. The van der Waals surface area contributed by atoms with Gasteiger partial charge >= 0.3 is 5.97 Å². The third-order valence-corrected chi connectivity index (χ3v) is 4.08. The van der Waals surface area contributed by atoms with Crippen molar-refractivity contribution in [3.63, 3.8) is 0 Å². The lowest BCUT2D eigenvalue weighted by Gasteiger charge is -2.11. The maximum absolute atomic E-state index is 14.1. The number of aliphatic carboxylic acids is 1. The SMILES string of the molecule is COc1cc(CC(=O)O)cc(Oc2cccc(-c3cc(Cl)ccc3F)c2)c1. The third kappa shape index (κ3) is 4.77. The summed E-state index contributed by atoms with van der Waals surface area (Å²) in [7, 11) is 1.49. The van der Waals surface area contributed by atoms with Gasteiger partial charge in [0.15, 0.2) is 0 Å². The first-order valence-electron chi connectivity index (χ1n) is 8.07. The summed E-state index contributed by atoms with van der Waals surface area (Å²) in [4.78, 5) is 11.0. The topological polar surface area (TPSA) is 55.8 Å². The molecule has 138 valence electrons. The van der Waals surface area contributed by atoms with Gasteiger partial charge in [-0.05, 0) is 53.6 Å². The highest BCUT2D eigenvalue weighted by Gasteiger charge is 2.10. The van der Waals surface area contributed by atoms with Crippen molar-refractivity contribution in [1.29, 1.82) is 0 Å². The van der Waals surface area contributed by atoms with Crippen molar-refractivity contribution >= 4 is 17.6 Å². The molecule has 27 heavy (non-hydrogen) atoms. The average Bonchev–Trinajstić information content (AvgIpc) is 2.63. The van der Waals surface area contributed by atoms with E-state index in [0.29, 0.717) is 39.0 Å². The van der Waals surface area contributed by atoms with E-state index in [4.69, 9.17) is 26.2 Å². The van der Waals surface area contributed by atoms with Crippen LogP contribution in [0.5, 0.6) is 17.2 Å². The van der Waals surface area contributed by atoms with E-state index in [1.165, 1.54) is 19.2 Å². The Kier molecular flexibility index (Phi) is 5.62. The number of halogens is 2. The van der Waals surface area contributed by atoms with Gasteiger partial charge in [0.25, 0.3) is 0 Å². The van der Waals surface area contributed by atoms with Crippen molar-refractivity contribution < 1.29 is 23.8 Å². The highest BCUT2D eigenvalue weighted by Crippen LogP contribution is 2.32. The Morgan fingerprint density at radius 3 is 2.56 bits per heavy atom. The molecule has 6 heteroatoms. The number of hydrogen-bond acceptors (Lipinski definition) is 3. The molecule has 0 atom stereocenters. The molecule has 4 nitrogen and oxygen atoms in total. The maximum Gasteiger partial charge on any atom is 0.307 e. The van der Waals surface area contributed by atoms with E-state index in [2.05, 4.69) is 0 Å². The second-order valence-electron chi connectivity index (χ2n) is 5.84. The summed E-state index contributed by atoms with van der Waals surface area (Å²) in [5.41, 5.74) is 1.53. The molecule has 0 spiro atoms. The van der Waals surface area contributed by atoms with E-state index < -0.39 is 5.97 Å². The molecule has 0 bridgehead atoms. The lowest BCUT2D eigenvalue weighted by Crippen LogP contribution is -2.00. The van der Waals surface area contributed by atoms with Gasteiger partial charge in [-0.3, -0.25) is 4.79 Å². The number of carboxylic acid groups (broad SMARTS) is 1. The van der Waals surface area contributed by atoms with Gasteiger partial charge in [0.05, 0.1) is 13.5 Å². The summed E-state index contributed by atoms with van der Waals surface area (Å²) >= 11 is 5.97. The molecule has 0 aromatic heterocycles. The van der Waals surface area contributed by atoms with Gasteiger partial charge in [-0.15, -0.1) is 0 Å². The standard InChI is InChI=1S/C21H16ClFO4/c1-26-17-7-13(9-21(24)25)8-18(12-17)27-16-4-2-3-14(10-16)19-11-15(22)5-6-20(19)23/h2-8,10-12H,9H2,1H3,(H,24,25). The summed E-state index contributed by atoms with van der Waals surface area (Å²) in [6.45, 7) is 0. The minimum atomic E-state index is -0.951. The largest absolute Gasteiger partial charge is 0.497 e. The highest BCUT2D eigenvalue weighted by atomic mass is 35.5. The summed E-state index contributed by atoms with van der Waals surface area (Å²) in [5.74, 6) is 0.0471. The van der Waals surface area contributed by atoms with Crippen LogP contribution in [0.1, 0.15) is 5.56 Å². The molecule has 0 heterocycles. The van der Waals surface area contributed by atoms with Gasteiger partial charge in [0, 0.05) is 16.7 Å². The van der Waals surface area contributed by atoms with Crippen LogP contribution >= 0.6 is 11.6 Å². The maximum atomic E-state index is 14.1. The Morgan fingerprint density at radius 2 is 1.81 bits per heavy atom. The van der Waals surface area contributed by atoms with E-state index in [9.17, 15) is 9.18 Å². The molecule has 0 radical (unpaired) electrons. The zero-order chi connectivity index (χ0) is 19.4. The van der Waals surface area contributed by atoms with Crippen molar-refractivity contribution in [2.75, 3.05) is 7.11 Å². The monoisotopic (exact) mass is 386 g/mol. The first kappa shape index (κ1) is 18.7.